The van der Waals surface area contributed by atoms with Crippen LogP contribution in [0.5, 0.6) is 0 Å². The molecule has 5 N–H and O–H groups in total. The maximum atomic E-state index is 10.8. The van der Waals surface area contributed by atoms with Crippen LogP contribution in [0.4, 0.5) is 0 Å². The summed E-state index contributed by atoms with van der Waals surface area (Å²) >= 11 is 0. The fourth-order valence-electron chi connectivity index (χ4n) is 1.57. The summed E-state index contributed by atoms with van der Waals surface area (Å²) in [6.07, 6.45) is 0.162. The average molecular weight is 221 g/mol. The van der Waals surface area contributed by atoms with Crippen LogP contribution in [0.3, 0.4) is 0 Å². The molecule has 0 spiro atoms. The Labute approximate surface area is 90.7 Å². The number of aromatic amines is 1. The number of hydrogen-bond acceptors (Lipinski definition) is 4. The molecule has 2 unspecified atom stereocenters. The Bertz CT molecular complexity index is 523. The normalized spacial score (nSPS) is 14.9. The molecule has 0 bridgehead atoms. The standard InChI is InChI=1S/C10H11N3O3/c11-9(16)8(15)7(14)5-1-3-12-10-6(5)2-4-13-10/h1-4,7-8,14-15H,(H2,11,16)(H,12,13). The highest BCUT2D eigenvalue weighted by atomic mass is 16.3. The predicted octanol–water partition coefficient (Wildman–Crippen LogP) is -0.558. The molecule has 0 saturated heterocycles. The number of nitrogens with two attached hydrogens (primary N) is 1. The number of pyridine rings is 1. The molecule has 2 heterocycles. The SMILES string of the molecule is NC(=O)C(O)C(O)c1ccnc2[nH]ccc12. The lowest BCUT2D eigenvalue weighted by Gasteiger charge is -2.15. The largest absolute Gasteiger partial charge is 0.385 e. The molecule has 6 heteroatoms. The van der Waals surface area contributed by atoms with Crippen molar-refractivity contribution in [3.05, 3.63) is 30.1 Å². The van der Waals surface area contributed by atoms with Crippen molar-refractivity contribution in [2.75, 3.05) is 0 Å². The van der Waals surface area contributed by atoms with E-state index in [1.54, 1.807) is 12.3 Å². The van der Waals surface area contributed by atoms with E-state index in [1.807, 2.05) is 0 Å². The minimum Gasteiger partial charge on any atom is -0.385 e. The number of aliphatic hydroxyl groups excluding tert-OH is 2. The summed E-state index contributed by atoms with van der Waals surface area (Å²) < 4.78 is 0. The third-order valence-corrected chi connectivity index (χ3v) is 2.40. The smallest absolute Gasteiger partial charge is 0.249 e. The van der Waals surface area contributed by atoms with Gasteiger partial charge < -0.3 is 20.9 Å². The van der Waals surface area contributed by atoms with Crippen molar-refractivity contribution in [3.63, 3.8) is 0 Å². The fraction of sp³-hybridized carbons (Fsp3) is 0.200. The van der Waals surface area contributed by atoms with E-state index in [0.717, 1.165) is 0 Å². The number of H-pyrrole nitrogens is 1. The summed E-state index contributed by atoms with van der Waals surface area (Å²) in [6, 6.07) is 3.24. The lowest BCUT2D eigenvalue weighted by molar-refractivity contribution is -0.131. The fourth-order valence-corrected chi connectivity index (χ4v) is 1.57. The molecule has 2 aromatic rings. The van der Waals surface area contributed by atoms with Crippen molar-refractivity contribution < 1.29 is 15.0 Å². The zero-order chi connectivity index (χ0) is 11.7. The third-order valence-electron chi connectivity index (χ3n) is 2.40. The van der Waals surface area contributed by atoms with Crippen molar-refractivity contribution in [1.82, 2.24) is 9.97 Å². The molecular weight excluding hydrogens is 210 g/mol. The second kappa shape index (κ2) is 3.92. The van der Waals surface area contributed by atoms with Gasteiger partial charge in [0.05, 0.1) is 0 Å². The number of nitrogens with zero attached hydrogens (tertiary/aromatic N) is 1. The Morgan fingerprint density at radius 1 is 1.44 bits per heavy atom. The Morgan fingerprint density at radius 2 is 2.19 bits per heavy atom. The number of carbonyl (C=O) groups excluding carboxylic acids is 1. The maximum Gasteiger partial charge on any atom is 0.249 e. The summed E-state index contributed by atoms with van der Waals surface area (Å²) in [4.78, 5) is 17.7. The molecule has 84 valence electrons. The van der Waals surface area contributed by atoms with E-state index >= 15 is 0 Å². The number of carbonyl (C=O) groups is 1. The van der Waals surface area contributed by atoms with Gasteiger partial charge >= 0.3 is 0 Å². The van der Waals surface area contributed by atoms with Crippen LogP contribution in [0.1, 0.15) is 11.7 Å². The Balaban J connectivity index is 2.46. The quantitative estimate of drug-likeness (QED) is 0.556. The molecule has 2 aromatic heterocycles. The van der Waals surface area contributed by atoms with Gasteiger partial charge in [-0.1, -0.05) is 0 Å². The molecule has 0 aliphatic rings. The molecule has 2 rings (SSSR count). The van der Waals surface area contributed by atoms with E-state index in [-0.39, 0.29) is 0 Å². The lowest BCUT2D eigenvalue weighted by Crippen LogP contribution is -2.33. The minimum absolute atomic E-state index is 0.414. The topological polar surface area (TPSA) is 112 Å². The van der Waals surface area contributed by atoms with E-state index in [1.165, 1.54) is 12.3 Å². The average Bonchev–Trinajstić information content (AvgIpc) is 2.74. The number of aliphatic hydroxyl groups is 2. The van der Waals surface area contributed by atoms with Crippen LogP contribution in [0.15, 0.2) is 24.5 Å². The highest BCUT2D eigenvalue weighted by Gasteiger charge is 2.25. The van der Waals surface area contributed by atoms with Crippen LogP contribution >= 0.6 is 0 Å². The van der Waals surface area contributed by atoms with Gasteiger partial charge in [0.25, 0.3) is 0 Å². The van der Waals surface area contributed by atoms with Crippen molar-refractivity contribution in [1.29, 1.82) is 0 Å². The molecule has 0 aliphatic carbocycles. The van der Waals surface area contributed by atoms with Crippen LogP contribution in [0, 0.1) is 0 Å². The van der Waals surface area contributed by atoms with Crippen LogP contribution in [-0.4, -0.2) is 32.2 Å². The molecule has 0 radical (unpaired) electrons. The number of fused-ring (bicyclic) bond motifs is 1. The van der Waals surface area contributed by atoms with Gasteiger partial charge in [-0.05, 0) is 17.7 Å². The van der Waals surface area contributed by atoms with Gasteiger partial charge in [-0.2, -0.15) is 0 Å². The number of amides is 1. The third kappa shape index (κ3) is 1.64. The molecule has 16 heavy (non-hydrogen) atoms. The maximum absolute atomic E-state index is 10.8. The van der Waals surface area contributed by atoms with Gasteiger partial charge in [0.2, 0.25) is 5.91 Å². The molecule has 2 atom stereocenters. The molecular formula is C10H11N3O3. The highest BCUT2D eigenvalue weighted by Crippen LogP contribution is 2.24. The van der Waals surface area contributed by atoms with Gasteiger partial charge in [0.15, 0.2) is 6.10 Å². The van der Waals surface area contributed by atoms with E-state index in [4.69, 9.17) is 5.73 Å². The second-order valence-corrected chi connectivity index (χ2v) is 3.43. The van der Waals surface area contributed by atoms with Gasteiger partial charge in [-0.15, -0.1) is 0 Å². The van der Waals surface area contributed by atoms with Gasteiger partial charge in [0, 0.05) is 17.8 Å². The summed E-state index contributed by atoms with van der Waals surface area (Å²) in [5.74, 6) is -0.965. The summed E-state index contributed by atoms with van der Waals surface area (Å²) in [7, 11) is 0. The van der Waals surface area contributed by atoms with Crippen molar-refractivity contribution in [2.24, 2.45) is 5.73 Å². The first kappa shape index (κ1) is 10.6. The van der Waals surface area contributed by atoms with E-state index in [2.05, 4.69) is 9.97 Å². The first-order chi connectivity index (χ1) is 7.61. The summed E-state index contributed by atoms with van der Waals surface area (Å²) in [6.45, 7) is 0. The second-order valence-electron chi connectivity index (χ2n) is 3.43. The number of nitrogens with one attached hydrogen (secondary N) is 1. The summed E-state index contributed by atoms with van der Waals surface area (Å²) in [5.41, 5.74) is 5.91. The van der Waals surface area contributed by atoms with Crippen LogP contribution in [-0.2, 0) is 4.79 Å². The molecule has 0 saturated carbocycles. The van der Waals surface area contributed by atoms with E-state index in [0.29, 0.717) is 16.6 Å². The molecule has 0 fully saturated rings. The van der Waals surface area contributed by atoms with Gasteiger partial charge in [0.1, 0.15) is 11.8 Å². The van der Waals surface area contributed by atoms with Gasteiger partial charge in [-0.25, -0.2) is 4.98 Å². The monoisotopic (exact) mass is 221 g/mol. The van der Waals surface area contributed by atoms with Crippen LogP contribution in [0.2, 0.25) is 0 Å². The molecule has 0 aliphatic heterocycles. The number of hydrogen-bond donors (Lipinski definition) is 4. The summed E-state index contributed by atoms with van der Waals surface area (Å²) in [5, 5.41) is 19.8. The zero-order valence-corrected chi connectivity index (χ0v) is 8.29. The highest BCUT2D eigenvalue weighted by molar-refractivity contribution is 5.83. The Morgan fingerprint density at radius 3 is 2.88 bits per heavy atom. The van der Waals surface area contributed by atoms with Crippen molar-refractivity contribution >= 4 is 16.9 Å². The number of rotatable bonds is 3. The number of primary amides is 1. The van der Waals surface area contributed by atoms with Crippen LogP contribution in [0.25, 0.3) is 11.0 Å². The van der Waals surface area contributed by atoms with Crippen molar-refractivity contribution in [2.45, 2.75) is 12.2 Å². The van der Waals surface area contributed by atoms with E-state index < -0.39 is 18.1 Å². The first-order valence-electron chi connectivity index (χ1n) is 4.68. The minimum atomic E-state index is -1.62. The predicted molar refractivity (Wildman–Crippen MR) is 56.3 cm³/mol. The molecule has 6 nitrogen and oxygen atoms in total. The zero-order valence-electron chi connectivity index (χ0n) is 8.29. The van der Waals surface area contributed by atoms with Gasteiger partial charge in [-0.3, -0.25) is 4.79 Å². The lowest BCUT2D eigenvalue weighted by atomic mass is 10.0. The van der Waals surface area contributed by atoms with Crippen LogP contribution < -0.4 is 5.73 Å². The van der Waals surface area contributed by atoms with Crippen molar-refractivity contribution in [3.8, 4) is 0 Å². The number of aromatic nitrogens is 2. The Kier molecular flexibility index (Phi) is 2.59. The van der Waals surface area contributed by atoms with E-state index in [9.17, 15) is 15.0 Å². The first-order valence-corrected chi connectivity index (χ1v) is 4.68. The molecule has 0 aromatic carbocycles. The molecule has 1 amide bonds. The Hall–Kier alpha value is -1.92.